The second-order valence-electron chi connectivity index (χ2n) is 2.41. The molecule has 1 heterocycles. The van der Waals surface area contributed by atoms with E-state index >= 15 is 0 Å². The van der Waals surface area contributed by atoms with Crippen molar-refractivity contribution >= 4 is 38.7 Å². The van der Waals surface area contributed by atoms with Gasteiger partial charge in [0.1, 0.15) is 0 Å². The fourth-order valence-corrected chi connectivity index (χ4v) is 1.93. The predicted octanol–water partition coefficient (Wildman–Crippen LogP) is 3.05. The zero-order chi connectivity index (χ0) is 8.55. The van der Waals surface area contributed by atoms with Gasteiger partial charge >= 0.3 is 0 Å². The fourth-order valence-electron chi connectivity index (χ4n) is 1.08. The first-order chi connectivity index (χ1) is 5.79. The molecule has 12 heavy (non-hydrogen) atoms. The number of halogens is 1. The summed E-state index contributed by atoms with van der Waals surface area (Å²) < 4.78 is 0.788. The molecule has 0 aliphatic rings. The SMILES string of the molecule is CSc1ccc2nc(Br)[nH]c2c1. The van der Waals surface area contributed by atoms with Crippen molar-refractivity contribution in [3.63, 3.8) is 0 Å². The number of nitrogens with zero attached hydrogens (tertiary/aromatic N) is 1. The monoisotopic (exact) mass is 242 g/mol. The Bertz CT molecular complexity index is 410. The number of imidazole rings is 1. The fraction of sp³-hybridized carbons (Fsp3) is 0.125. The van der Waals surface area contributed by atoms with Gasteiger partial charge in [-0.25, -0.2) is 4.98 Å². The molecular formula is C8H7BrN2S. The van der Waals surface area contributed by atoms with E-state index in [1.165, 1.54) is 4.90 Å². The van der Waals surface area contributed by atoms with Crippen LogP contribution < -0.4 is 0 Å². The van der Waals surface area contributed by atoms with E-state index in [0.29, 0.717) is 0 Å². The van der Waals surface area contributed by atoms with Crippen molar-refractivity contribution in [2.45, 2.75) is 4.90 Å². The molecule has 1 aromatic carbocycles. The van der Waals surface area contributed by atoms with Crippen molar-refractivity contribution < 1.29 is 0 Å². The standard InChI is InChI=1S/C8H7BrN2S/c1-12-5-2-3-6-7(4-5)11-8(9)10-6/h2-4H,1H3,(H,10,11). The molecule has 0 saturated heterocycles. The van der Waals surface area contributed by atoms with Crippen molar-refractivity contribution in [3.05, 3.63) is 22.9 Å². The van der Waals surface area contributed by atoms with Crippen LogP contribution in [0.3, 0.4) is 0 Å². The highest BCUT2D eigenvalue weighted by Crippen LogP contribution is 2.21. The van der Waals surface area contributed by atoms with Crippen LogP contribution in [0.4, 0.5) is 0 Å². The number of hydrogen-bond acceptors (Lipinski definition) is 2. The van der Waals surface area contributed by atoms with Gasteiger partial charge in [0.2, 0.25) is 0 Å². The van der Waals surface area contributed by atoms with Crippen LogP contribution in [0.25, 0.3) is 11.0 Å². The molecule has 2 aromatic rings. The van der Waals surface area contributed by atoms with Crippen LogP contribution in [0, 0.1) is 0 Å². The highest BCUT2D eigenvalue weighted by atomic mass is 79.9. The first-order valence-corrected chi connectivity index (χ1v) is 5.50. The van der Waals surface area contributed by atoms with Crippen LogP contribution in [0.2, 0.25) is 0 Å². The number of H-pyrrole nitrogens is 1. The van der Waals surface area contributed by atoms with Gasteiger partial charge in [0.05, 0.1) is 11.0 Å². The van der Waals surface area contributed by atoms with E-state index in [1.807, 2.05) is 6.07 Å². The zero-order valence-corrected chi connectivity index (χ0v) is 8.87. The molecule has 2 rings (SSSR count). The number of rotatable bonds is 1. The minimum absolute atomic E-state index is 0.788. The number of aromatic amines is 1. The first-order valence-electron chi connectivity index (χ1n) is 3.49. The van der Waals surface area contributed by atoms with Crippen LogP contribution in [0.1, 0.15) is 0 Å². The summed E-state index contributed by atoms with van der Waals surface area (Å²) in [5.74, 6) is 0. The number of aromatic nitrogens is 2. The molecule has 2 nitrogen and oxygen atoms in total. The molecule has 0 bridgehead atoms. The van der Waals surface area contributed by atoms with E-state index in [0.717, 1.165) is 15.8 Å². The number of thioether (sulfide) groups is 1. The molecule has 1 aromatic heterocycles. The van der Waals surface area contributed by atoms with Crippen LogP contribution in [0.15, 0.2) is 27.8 Å². The molecule has 0 spiro atoms. The van der Waals surface area contributed by atoms with Gasteiger partial charge in [0.25, 0.3) is 0 Å². The molecule has 0 atom stereocenters. The van der Waals surface area contributed by atoms with Gasteiger partial charge in [-0.05, 0) is 40.4 Å². The Balaban J connectivity index is 2.66. The van der Waals surface area contributed by atoms with Crippen molar-refractivity contribution in [1.82, 2.24) is 9.97 Å². The van der Waals surface area contributed by atoms with Crippen LogP contribution in [-0.4, -0.2) is 16.2 Å². The topological polar surface area (TPSA) is 28.7 Å². The average Bonchev–Trinajstić information content (AvgIpc) is 2.43. The number of fused-ring (bicyclic) bond motifs is 1. The number of nitrogens with one attached hydrogen (secondary N) is 1. The molecule has 0 unspecified atom stereocenters. The van der Waals surface area contributed by atoms with E-state index in [4.69, 9.17) is 0 Å². The zero-order valence-electron chi connectivity index (χ0n) is 6.47. The minimum Gasteiger partial charge on any atom is -0.332 e. The second kappa shape index (κ2) is 3.11. The summed E-state index contributed by atoms with van der Waals surface area (Å²) in [7, 11) is 0. The highest BCUT2D eigenvalue weighted by molar-refractivity contribution is 9.10. The minimum atomic E-state index is 0.788. The van der Waals surface area contributed by atoms with E-state index in [2.05, 4.69) is 44.3 Å². The van der Waals surface area contributed by atoms with Gasteiger partial charge in [-0.15, -0.1) is 11.8 Å². The molecule has 62 valence electrons. The summed E-state index contributed by atoms with van der Waals surface area (Å²) >= 11 is 5.03. The largest absolute Gasteiger partial charge is 0.332 e. The Morgan fingerprint density at radius 2 is 2.33 bits per heavy atom. The summed E-state index contributed by atoms with van der Waals surface area (Å²) in [6, 6.07) is 6.18. The van der Waals surface area contributed by atoms with Crippen molar-refractivity contribution in [2.24, 2.45) is 0 Å². The van der Waals surface area contributed by atoms with Crippen molar-refractivity contribution in [2.75, 3.05) is 6.26 Å². The molecule has 0 aliphatic carbocycles. The predicted molar refractivity (Wildman–Crippen MR) is 55.6 cm³/mol. The molecule has 0 saturated carbocycles. The second-order valence-corrected chi connectivity index (χ2v) is 4.04. The maximum atomic E-state index is 4.24. The third-order valence-corrected chi connectivity index (χ3v) is 2.76. The number of hydrogen-bond donors (Lipinski definition) is 1. The summed E-state index contributed by atoms with van der Waals surface area (Å²) in [6.07, 6.45) is 2.06. The smallest absolute Gasteiger partial charge is 0.175 e. The Hall–Kier alpha value is -0.480. The lowest BCUT2D eigenvalue weighted by molar-refractivity contribution is 1.27. The van der Waals surface area contributed by atoms with Gasteiger partial charge in [0.15, 0.2) is 4.73 Å². The van der Waals surface area contributed by atoms with Gasteiger partial charge in [0, 0.05) is 4.90 Å². The van der Waals surface area contributed by atoms with Crippen LogP contribution >= 0.6 is 27.7 Å². The molecule has 0 radical (unpaired) electrons. The third kappa shape index (κ3) is 1.36. The average molecular weight is 243 g/mol. The van der Waals surface area contributed by atoms with Crippen molar-refractivity contribution in [1.29, 1.82) is 0 Å². The Morgan fingerprint density at radius 3 is 3.08 bits per heavy atom. The Kier molecular flexibility index (Phi) is 2.11. The maximum absolute atomic E-state index is 4.24. The van der Waals surface area contributed by atoms with Gasteiger partial charge in [-0.2, -0.15) is 0 Å². The Labute approximate surface area is 82.9 Å². The quantitative estimate of drug-likeness (QED) is 0.780. The molecule has 0 aliphatic heterocycles. The maximum Gasteiger partial charge on any atom is 0.175 e. The van der Waals surface area contributed by atoms with Crippen LogP contribution in [0.5, 0.6) is 0 Å². The van der Waals surface area contributed by atoms with Gasteiger partial charge in [-0.1, -0.05) is 0 Å². The molecule has 1 N–H and O–H groups in total. The summed E-state index contributed by atoms with van der Waals surface area (Å²) in [5, 5.41) is 0. The normalized spacial score (nSPS) is 10.8. The Morgan fingerprint density at radius 1 is 1.50 bits per heavy atom. The molecule has 0 fully saturated rings. The lowest BCUT2D eigenvalue weighted by atomic mass is 10.3. The summed E-state index contributed by atoms with van der Waals surface area (Å²) in [6.45, 7) is 0. The van der Waals surface area contributed by atoms with Gasteiger partial charge in [-0.3, -0.25) is 0 Å². The van der Waals surface area contributed by atoms with E-state index in [1.54, 1.807) is 11.8 Å². The van der Waals surface area contributed by atoms with E-state index in [-0.39, 0.29) is 0 Å². The van der Waals surface area contributed by atoms with Crippen LogP contribution in [-0.2, 0) is 0 Å². The van der Waals surface area contributed by atoms with E-state index < -0.39 is 0 Å². The molecule has 0 amide bonds. The molecule has 4 heteroatoms. The first kappa shape index (κ1) is 8.13. The van der Waals surface area contributed by atoms with Gasteiger partial charge < -0.3 is 4.98 Å². The lowest BCUT2D eigenvalue weighted by Gasteiger charge is -1.93. The highest BCUT2D eigenvalue weighted by Gasteiger charge is 1.99. The lowest BCUT2D eigenvalue weighted by Crippen LogP contribution is -1.71. The summed E-state index contributed by atoms with van der Waals surface area (Å²) in [5.41, 5.74) is 2.08. The van der Waals surface area contributed by atoms with Crippen molar-refractivity contribution in [3.8, 4) is 0 Å². The third-order valence-electron chi connectivity index (χ3n) is 1.66. The van der Waals surface area contributed by atoms with E-state index in [9.17, 15) is 0 Å². The summed E-state index contributed by atoms with van der Waals surface area (Å²) in [4.78, 5) is 8.61. The molecular weight excluding hydrogens is 236 g/mol. The number of benzene rings is 1.